The number of oxazole rings is 1. The zero-order valence-electron chi connectivity index (χ0n) is 14.2. The third-order valence-corrected chi connectivity index (χ3v) is 3.80. The van der Waals surface area contributed by atoms with Crippen LogP contribution in [0.1, 0.15) is 32.2 Å². The summed E-state index contributed by atoms with van der Waals surface area (Å²) in [5.41, 5.74) is 1.53. The average molecular weight is 328 g/mol. The van der Waals surface area contributed by atoms with Gasteiger partial charge in [0.25, 0.3) is 0 Å². The van der Waals surface area contributed by atoms with E-state index in [-0.39, 0.29) is 17.7 Å². The Morgan fingerprint density at radius 3 is 2.71 bits per heavy atom. The Morgan fingerprint density at radius 2 is 2.12 bits per heavy atom. The topological polar surface area (TPSA) is 85.9 Å². The lowest BCUT2D eigenvalue weighted by atomic mass is 9.85. The minimum atomic E-state index is -0.260. The molecule has 7 heteroatoms. The molecule has 1 N–H and O–H groups in total. The van der Waals surface area contributed by atoms with Gasteiger partial charge in [-0.3, -0.25) is 4.57 Å². The molecule has 0 unspecified atom stereocenters. The van der Waals surface area contributed by atoms with Crippen molar-refractivity contribution >= 4 is 0 Å². The van der Waals surface area contributed by atoms with Crippen LogP contribution in [0.5, 0.6) is 5.75 Å². The van der Waals surface area contributed by atoms with Crippen LogP contribution in [0.15, 0.2) is 39.9 Å². The predicted molar refractivity (Wildman–Crippen MR) is 88.8 cm³/mol. The minimum absolute atomic E-state index is 0.130. The van der Waals surface area contributed by atoms with Crippen LogP contribution in [-0.2, 0) is 19.1 Å². The van der Waals surface area contributed by atoms with Crippen molar-refractivity contribution in [1.29, 1.82) is 0 Å². The molecule has 0 fully saturated rings. The summed E-state index contributed by atoms with van der Waals surface area (Å²) in [4.78, 5) is 15.6. The van der Waals surface area contributed by atoms with Gasteiger partial charge in [-0.25, -0.2) is 14.9 Å². The predicted octanol–water partition coefficient (Wildman–Crippen LogP) is 2.64. The van der Waals surface area contributed by atoms with E-state index in [1.165, 1.54) is 4.57 Å². The van der Waals surface area contributed by atoms with Crippen LogP contribution in [0, 0.1) is 0 Å². The van der Waals surface area contributed by atoms with Gasteiger partial charge in [-0.1, -0.05) is 20.8 Å². The molecule has 0 amide bonds. The highest BCUT2D eigenvalue weighted by atomic mass is 16.5. The van der Waals surface area contributed by atoms with Crippen molar-refractivity contribution in [3.63, 3.8) is 0 Å². The molecule has 0 saturated heterocycles. The number of rotatable bonds is 4. The third-order valence-electron chi connectivity index (χ3n) is 3.80. The highest BCUT2D eigenvalue weighted by Crippen LogP contribution is 2.35. The lowest BCUT2D eigenvalue weighted by Crippen LogP contribution is -2.17. The first-order valence-electron chi connectivity index (χ1n) is 7.64. The lowest BCUT2D eigenvalue weighted by Gasteiger charge is -2.23. The van der Waals surface area contributed by atoms with Crippen LogP contribution in [-0.4, -0.2) is 19.7 Å². The van der Waals surface area contributed by atoms with Gasteiger partial charge in [0.2, 0.25) is 5.89 Å². The van der Waals surface area contributed by atoms with Crippen molar-refractivity contribution in [3.8, 4) is 17.2 Å². The van der Waals surface area contributed by atoms with Crippen LogP contribution >= 0.6 is 0 Å². The zero-order valence-corrected chi connectivity index (χ0v) is 14.2. The Bertz CT molecular complexity index is 885. The molecule has 3 rings (SSSR count). The van der Waals surface area contributed by atoms with Gasteiger partial charge in [0.15, 0.2) is 5.82 Å². The van der Waals surface area contributed by atoms with E-state index in [1.807, 2.05) is 18.2 Å². The fourth-order valence-electron chi connectivity index (χ4n) is 2.39. The number of aromatic amines is 1. The highest BCUT2D eigenvalue weighted by molar-refractivity contribution is 5.58. The maximum absolute atomic E-state index is 11.4. The van der Waals surface area contributed by atoms with Gasteiger partial charge in [-0.2, -0.15) is 5.10 Å². The van der Waals surface area contributed by atoms with Gasteiger partial charge < -0.3 is 9.15 Å². The van der Waals surface area contributed by atoms with Crippen LogP contribution < -0.4 is 10.4 Å². The molecule has 0 bridgehead atoms. The fraction of sp³-hybridized carbons (Fsp3) is 0.353. The first-order chi connectivity index (χ1) is 11.4. The van der Waals surface area contributed by atoms with E-state index >= 15 is 0 Å². The maximum Gasteiger partial charge on any atom is 0.343 e. The Labute approximate surface area is 139 Å². The molecule has 2 aromatic heterocycles. The normalized spacial score (nSPS) is 11.7. The smallest absolute Gasteiger partial charge is 0.343 e. The summed E-state index contributed by atoms with van der Waals surface area (Å²) < 4.78 is 12.7. The van der Waals surface area contributed by atoms with Crippen molar-refractivity contribution in [1.82, 2.24) is 19.7 Å². The standard InChI is InChI=1S/C17H20N4O3/c1-17(2,3)12-9-11(15-18-7-8-23-15)5-6-13(12)24-10-14-19-20-16(22)21(14)4/h5-9H,10H2,1-4H3,(H,20,22). The number of benzene rings is 1. The summed E-state index contributed by atoms with van der Waals surface area (Å²) in [5, 5.41) is 6.36. The van der Waals surface area contributed by atoms with Crippen molar-refractivity contribution in [3.05, 3.63) is 52.5 Å². The molecule has 0 aliphatic heterocycles. The molecule has 0 aliphatic carbocycles. The van der Waals surface area contributed by atoms with Crippen molar-refractivity contribution in [2.24, 2.45) is 7.05 Å². The first kappa shape index (κ1) is 16.0. The molecule has 0 spiro atoms. The van der Waals surface area contributed by atoms with Crippen molar-refractivity contribution in [2.75, 3.05) is 0 Å². The summed E-state index contributed by atoms with van der Waals surface area (Å²) in [6.07, 6.45) is 3.17. The Hall–Kier alpha value is -2.83. The lowest BCUT2D eigenvalue weighted by molar-refractivity contribution is 0.283. The SMILES string of the molecule is Cn1c(COc2ccc(-c3ncco3)cc2C(C)(C)C)n[nH]c1=O. The number of aromatic nitrogens is 4. The molecular formula is C17H20N4O3. The average Bonchev–Trinajstić information content (AvgIpc) is 3.17. The summed E-state index contributed by atoms with van der Waals surface area (Å²) in [6, 6.07) is 5.82. The molecule has 24 heavy (non-hydrogen) atoms. The molecule has 2 heterocycles. The van der Waals surface area contributed by atoms with E-state index in [9.17, 15) is 4.79 Å². The Morgan fingerprint density at radius 1 is 1.33 bits per heavy atom. The molecule has 0 aliphatic rings. The van der Waals surface area contributed by atoms with E-state index in [0.717, 1.165) is 16.9 Å². The molecular weight excluding hydrogens is 308 g/mol. The van der Waals surface area contributed by atoms with E-state index in [0.29, 0.717) is 11.7 Å². The van der Waals surface area contributed by atoms with Gasteiger partial charge in [0, 0.05) is 18.2 Å². The quantitative estimate of drug-likeness (QED) is 0.795. The second kappa shape index (κ2) is 5.99. The number of H-pyrrole nitrogens is 1. The minimum Gasteiger partial charge on any atom is -0.485 e. The Kier molecular flexibility index (Phi) is 4.01. The summed E-state index contributed by atoms with van der Waals surface area (Å²) >= 11 is 0. The molecule has 0 atom stereocenters. The molecule has 3 aromatic rings. The fourth-order valence-corrected chi connectivity index (χ4v) is 2.39. The highest BCUT2D eigenvalue weighted by Gasteiger charge is 2.21. The monoisotopic (exact) mass is 328 g/mol. The van der Waals surface area contributed by atoms with E-state index in [4.69, 9.17) is 9.15 Å². The maximum atomic E-state index is 11.4. The number of hydrogen-bond donors (Lipinski definition) is 1. The van der Waals surface area contributed by atoms with E-state index in [1.54, 1.807) is 19.5 Å². The number of nitrogens with one attached hydrogen (secondary N) is 1. The van der Waals surface area contributed by atoms with Gasteiger partial charge in [0.05, 0.1) is 6.20 Å². The number of ether oxygens (including phenoxy) is 1. The largest absolute Gasteiger partial charge is 0.485 e. The number of nitrogens with zero attached hydrogens (tertiary/aromatic N) is 3. The van der Waals surface area contributed by atoms with Crippen molar-refractivity contribution in [2.45, 2.75) is 32.8 Å². The molecule has 7 nitrogen and oxygen atoms in total. The first-order valence-corrected chi connectivity index (χ1v) is 7.64. The van der Waals surface area contributed by atoms with Gasteiger partial charge in [0.1, 0.15) is 18.6 Å². The Balaban J connectivity index is 1.92. The summed E-state index contributed by atoms with van der Waals surface area (Å²) in [7, 11) is 1.65. The van der Waals surface area contributed by atoms with Gasteiger partial charge >= 0.3 is 5.69 Å². The third kappa shape index (κ3) is 3.10. The molecule has 126 valence electrons. The van der Waals surface area contributed by atoms with Crippen LogP contribution in [0.25, 0.3) is 11.5 Å². The molecule has 0 radical (unpaired) electrons. The van der Waals surface area contributed by atoms with Gasteiger partial charge in [-0.05, 0) is 23.6 Å². The summed E-state index contributed by atoms with van der Waals surface area (Å²) in [5.74, 6) is 1.85. The molecule has 1 aromatic carbocycles. The van der Waals surface area contributed by atoms with Gasteiger partial charge in [-0.15, -0.1) is 0 Å². The van der Waals surface area contributed by atoms with E-state index in [2.05, 4.69) is 36.0 Å². The number of hydrogen-bond acceptors (Lipinski definition) is 5. The molecule has 0 saturated carbocycles. The van der Waals surface area contributed by atoms with E-state index < -0.39 is 0 Å². The van der Waals surface area contributed by atoms with Crippen LogP contribution in [0.4, 0.5) is 0 Å². The zero-order chi connectivity index (χ0) is 17.3. The van der Waals surface area contributed by atoms with Crippen LogP contribution in [0.2, 0.25) is 0 Å². The van der Waals surface area contributed by atoms with Crippen LogP contribution in [0.3, 0.4) is 0 Å². The second-order valence-electron chi connectivity index (χ2n) is 6.59. The summed E-state index contributed by atoms with van der Waals surface area (Å²) in [6.45, 7) is 6.53. The van der Waals surface area contributed by atoms with Crippen molar-refractivity contribution < 1.29 is 9.15 Å². The second-order valence-corrected chi connectivity index (χ2v) is 6.59.